The van der Waals surface area contributed by atoms with Crippen molar-refractivity contribution in [1.29, 1.82) is 0 Å². The third kappa shape index (κ3) is 3.43. The van der Waals surface area contributed by atoms with Gasteiger partial charge in [0.2, 0.25) is 11.8 Å². The van der Waals surface area contributed by atoms with Crippen LogP contribution in [0.5, 0.6) is 0 Å². The van der Waals surface area contributed by atoms with E-state index in [0.717, 1.165) is 18.4 Å². The van der Waals surface area contributed by atoms with Crippen LogP contribution in [0.25, 0.3) is 11.1 Å². The number of carboxylic acid groups (broad SMARTS) is 1. The third-order valence-electron chi connectivity index (χ3n) is 5.27. The molecule has 0 radical (unpaired) electrons. The maximum Gasteiger partial charge on any atom is 0.411 e. The molecule has 4 rings (SSSR count). The summed E-state index contributed by atoms with van der Waals surface area (Å²) in [6.45, 7) is 4.82. The van der Waals surface area contributed by atoms with Crippen molar-refractivity contribution in [3.05, 3.63) is 24.5 Å². The Hall–Kier alpha value is -3.36. The number of hydrogen-bond donors (Lipinski definition) is 2. The molecule has 1 aromatic carbocycles. The van der Waals surface area contributed by atoms with Gasteiger partial charge in [-0.05, 0) is 31.9 Å². The predicted molar refractivity (Wildman–Crippen MR) is 108 cm³/mol. The molecule has 1 aliphatic heterocycles. The summed E-state index contributed by atoms with van der Waals surface area (Å²) in [6, 6.07) is 3.46. The van der Waals surface area contributed by atoms with E-state index in [0.29, 0.717) is 28.7 Å². The summed E-state index contributed by atoms with van der Waals surface area (Å²) in [4.78, 5) is 38.8. The van der Waals surface area contributed by atoms with Crippen LogP contribution in [0.2, 0.25) is 0 Å². The van der Waals surface area contributed by atoms with Crippen LogP contribution in [0.4, 0.5) is 21.9 Å². The number of nitrogens with zero attached hydrogens (tertiary/aromatic N) is 4. The van der Waals surface area contributed by atoms with Gasteiger partial charge in [0.15, 0.2) is 0 Å². The Morgan fingerprint density at radius 1 is 1.17 bits per heavy atom. The topological polar surface area (TPSA) is 108 Å². The number of anilines is 3. The molecule has 29 heavy (non-hydrogen) atoms. The second kappa shape index (κ2) is 6.91. The molecule has 1 fully saturated rings. The second-order valence-corrected chi connectivity index (χ2v) is 7.64. The van der Waals surface area contributed by atoms with E-state index in [-0.39, 0.29) is 24.4 Å². The number of carbonyl (C=O) groups excluding carboxylic acids is 2. The maximum absolute atomic E-state index is 12.3. The van der Waals surface area contributed by atoms with Crippen molar-refractivity contribution in [2.75, 3.05) is 21.7 Å². The number of aromatic nitrogens is 2. The van der Waals surface area contributed by atoms with Crippen molar-refractivity contribution in [2.24, 2.45) is 0 Å². The zero-order valence-electron chi connectivity index (χ0n) is 16.5. The molecule has 9 nitrogen and oxygen atoms in total. The fourth-order valence-electron chi connectivity index (χ4n) is 3.88. The van der Waals surface area contributed by atoms with Crippen LogP contribution in [0.1, 0.15) is 39.7 Å². The van der Waals surface area contributed by atoms with Gasteiger partial charge in [-0.2, -0.15) is 5.10 Å². The molecular formula is C20H23N5O4. The highest BCUT2D eigenvalue weighted by molar-refractivity contribution is 6.06. The van der Waals surface area contributed by atoms with Crippen molar-refractivity contribution in [2.45, 2.75) is 45.7 Å². The van der Waals surface area contributed by atoms with Gasteiger partial charge in [0.05, 0.1) is 35.3 Å². The molecule has 0 unspecified atom stereocenters. The minimum Gasteiger partial charge on any atom is -0.465 e. The van der Waals surface area contributed by atoms with Crippen molar-refractivity contribution in [1.82, 2.24) is 9.78 Å². The monoisotopic (exact) mass is 397 g/mol. The summed E-state index contributed by atoms with van der Waals surface area (Å²) in [6.07, 6.45) is 4.70. The lowest BCUT2D eigenvalue weighted by Gasteiger charge is -2.40. The van der Waals surface area contributed by atoms with E-state index in [1.165, 1.54) is 18.7 Å². The van der Waals surface area contributed by atoms with Gasteiger partial charge in [-0.15, -0.1) is 0 Å². The average molecular weight is 397 g/mol. The molecule has 2 aromatic rings. The molecule has 9 heteroatoms. The van der Waals surface area contributed by atoms with Crippen molar-refractivity contribution >= 4 is 35.0 Å². The summed E-state index contributed by atoms with van der Waals surface area (Å²) < 4.78 is 1.89. The maximum atomic E-state index is 12.3. The number of fused-ring (bicyclic) bond motifs is 1. The number of rotatable bonds is 3. The first-order valence-electron chi connectivity index (χ1n) is 9.56. The number of amides is 3. The lowest BCUT2D eigenvalue weighted by atomic mass is 10.0. The first-order valence-corrected chi connectivity index (χ1v) is 9.56. The van der Waals surface area contributed by atoms with Gasteiger partial charge in [-0.3, -0.25) is 19.2 Å². The minimum atomic E-state index is -1.09. The largest absolute Gasteiger partial charge is 0.465 e. The van der Waals surface area contributed by atoms with Crippen LogP contribution < -0.4 is 15.1 Å². The standard InChI is InChI=1S/C20H23N5O4/c1-11-9-23(20(28)29)18-6-16(14-8-21-24(10-14)15-4-5-15)17(22-12(2)26)7-19(18)25(11)13(3)27/h6-8,10-11,15H,4-5,9H2,1-3H3,(H,22,26)(H,28,29)/t11-/m0/s1. The van der Waals surface area contributed by atoms with Gasteiger partial charge in [-0.1, -0.05) is 0 Å². The van der Waals surface area contributed by atoms with E-state index >= 15 is 0 Å². The molecule has 0 bridgehead atoms. The molecule has 1 saturated carbocycles. The first-order chi connectivity index (χ1) is 13.8. The third-order valence-corrected chi connectivity index (χ3v) is 5.27. The molecule has 0 spiro atoms. The van der Waals surface area contributed by atoms with Gasteiger partial charge < -0.3 is 15.3 Å². The van der Waals surface area contributed by atoms with Gasteiger partial charge in [0, 0.05) is 37.7 Å². The van der Waals surface area contributed by atoms with E-state index in [1.807, 2.05) is 10.9 Å². The first kappa shape index (κ1) is 19.0. The fraction of sp³-hybridized carbons (Fsp3) is 0.400. The SMILES string of the molecule is CC(=O)Nc1cc2c(cc1-c1cnn(C3CC3)c1)N(C(=O)O)C[C@H](C)N2C(C)=O. The normalized spacial score (nSPS) is 18.4. The average Bonchev–Trinajstić information content (AvgIpc) is 3.37. The van der Waals surface area contributed by atoms with Crippen LogP contribution in [-0.2, 0) is 9.59 Å². The van der Waals surface area contributed by atoms with Crippen LogP contribution in [0.15, 0.2) is 24.5 Å². The van der Waals surface area contributed by atoms with E-state index in [2.05, 4.69) is 10.4 Å². The number of benzene rings is 1. The lowest BCUT2D eigenvalue weighted by Crippen LogP contribution is -2.51. The number of hydrogen-bond acceptors (Lipinski definition) is 4. The molecule has 1 aliphatic carbocycles. The van der Waals surface area contributed by atoms with E-state index in [1.54, 1.807) is 30.2 Å². The highest BCUT2D eigenvalue weighted by Crippen LogP contribution is 2.44. The number of carbonyl (C=O) groups is 3. The minimum absolute atomic E-state index is 0.169. The fourth-order valence-corrected chi connectivity index (χ4v) is 3.88. The van der Waals surface area contributed by atoms with Crippen molar-refractivity contribution in [3.8, 4) is 11.1 Å². The molecule has 2 aliphatic rings. The van der Waals surface area contributed by atoms with Gasteiger partial charge in [0.25, 0.3) is 0 Å². The van der Waals surface area contributed by atoms with E-state index in [9.17, 15) is 19.5 Å². The molecular weight excluding hydrogens is 374 g/mol. The Morgan fingerprint density at radius 3 is 2.48 bits per heavy atom. The van der Waals surface area contributed by atoms with Crippen molar-refractivity contribution in [3.63, 3.8) is 0 Å². The van der Waals surface area contributed by atoms with Crippen LogP contribution in [0, 0.1) is 0 Å². The Bertz CT molecular complexity index is 1010. The summed E-state index contributed by atoms with van der Waals surface area (Å²) in [5.74, 6) is -0.444. The molecule has 1 aromatic heterocycles. The van der Waals surface area contributed by atoms with E-state index < -0.39 is 6.09 Å². The molecule has 2 heterocycles. The number of nitrogens with one attached hydrogen (secondary N) is 1. The Morgan fingerprint density at radius 2 is 1.90 bits per heavy atom. The molecule has 152 valence electrons. The molecule has 3 amide bonds. The van der Waals surface area contributed by atoms with Gasteiger partial charge in [0.1, 0.15) is 0 Å². The summed E-state index contributed by atoms with van der Waals surface area (Å²) in [5.41, 5.74) is 2.82. The van der Waals surface area contributed by atoms with Crippen LogP contribution in [-0.4, -0.2) is 45.4 Å². The van der Waals surface area contributed by atoms with Crippen LogP contribution >= 0.6 is 0 Å². The Kier molecular flexibility index (Phi) is 4.52. The zero-order valence-corrected chi connectivity index (χ0v) is 16.5. The van der Waals surface area contributed by atoms with Gasteiger partial charge >= 0.3 is 6.09 Å². The predicted octanol–water partition coefficient (Wildman–Crippen LogP) is 3.08. The highest BCUT2D eigenvalue weighted by Gasteiger charge is 2.35. The smallest absolute Gasteiger partial charge is 0.411 e. The van der Waals surface area contributed by atoms with Crippen molar-refractivity contribution < 1.29 is 19.5 Å². The molecule has 2 N–H and O–H groups in total. The molecule has 1 atom stereocenters. The van der Waals surface area contributed by atoms with Gasteiger partial charge in [-0.25, -0.2) is 4.79 Å². The van der Waals surface area contributed by atoms with E-state index in [4.69, 9.17) is 0 Å². The zero-order chi connectivity index (χ0) is 20.9. The lowest BCUT2D eigenvalue weighted by molar-refractivity contribution is -0.117. The van der Waals surface area contributed by atoms with Crippen LogP contribution in [0.3, 0.4) is 0 Å². The summed E-state index contributed by atoms with van der Waals surface area (Å²) in [5, 5.41) is 16.9. The summed E-state index contributed by atoms with van der Waals surface area (Å²) in [7, 11) is 0. The highest BCUT2D eigenvalue weighted by atomic mass is 16.4. The Labute approximate surface area is 167 Å². The quantitative estimate of drug-likeness (QED) is 0.827. The summed E-state index contributed by atoms with van der Waals surface area (Å²) >= 11 is 0. The second-order valence-electron chi connectivity index (χ2n) is 7.64. The molecule has 0 saturated heterocycles. The Balaban J connectivity index is 1.90.